The minimum absolute atomic E-state index is 0.0814. The van der Waals surface area contributed by atoms with Crippen molar-refractivity contribution in [1.29, 1.82) is 5.26 Å². The molecular formula is C25H26N4O2S. The predicted octanol–water partition coefficient (Wildman–Crippen LogP) is 4.55. The number of nitrogens with zero attached hydrogens (tertiary/aromatic N) is 3. The highest BCUT2D eigenvalue weighted by Crippen LogP contribution is 2.30. The van der Waals surface area contributed by atoms with Gasteiger partial charge in [0, 0.05) is 0 Å². The summed E-state index contributed by atoms with van der Waals surface area (Å²) in [4.78, 5) is 31.0. The van der Waals surface area contributed by atoms with Gasteiger partial charge in [-0.1, -0.05) is 55.9 Å². The highest BCUT2D eigenvalue weighted by atomic mass is 32.2. The smallest absolute Gasteiger partial charge is 0.266 e. The van der Waals surface area contributed by atoms with E-state index in [4.69, 9.17) is 4.98 Å². The van der Waals surface area contributed by atoms with Crippen LogP contribution in [0.2, 0.25) is 0 Å². The van der Waals surface area contributed by atoms with Gasteiger partial charge in [-0.15, -0.1) is 0 Å². The number of benzene rings is 2. The fourth-order valence-corrected chi connectivity index (χ4v) is 5.08. The van der Waals surface area contributed by atoms with Gasteiger partial charge < -0.3 is 5.32 Å². The molecule has 2 aromatic carbocycles. The number of carbonyl (C=O) groups is 1. The number of hydrogen-bond donors (Lipinski definition) is 1. The lowest BCUT2D eigenvalue weighted by molar-refractivity contribution is -0.119. The van der Waals surface area contributed by atoms with Crippen molar-refractivity contribution >= 4 is 28.6 Å². The predicted molar refractivity (Wildman–Crippen MR) is 127 cm³/mol. The number of nitriles is 1. The molecule has 1 saturated carbocycles. The van der Waals surface area contributed by atoms with Crippen molar-refractivity contribution in [1.82, 2.24) is 14.9 Å². The van der Waals surface area contributed by atoms with E-state index in [1.807, 2.05) is 42.5 Å². The third-order valence-corrected chi connectivity index (χ3v) is 6.87. The summed E-state index contributed by atoms with van der Waals surface area (Å²) in [5, 5.41) is 13.5. The Kier molecular flexibility index (Phi) is 6.33. The number of aromatic nitrogens is 2. The first-order valence-corrected chi connectivity index (χ1v) is 11.9. The van der Waals surface area contributed by atoms with Gasteiger partial charge in [0.15, 0.2) is 5.16 Å². The Morgan fingerprint density at radius 1 is 1.19 bits per heavy atom. The largest absolute Gasteiger partial charge is 0.337 e. The minimum Gasteiger partial charge on any atom is -0.337 e. The van der Waals surface area contributed by atoms with Gasteiger partial charge in [0.2, 0.25) is 5.91 Å². The molecule has 1 N–H and O–H groups in total. The highest BCUT2D eigenvalue weighted by molar-refractivity contribution is 7.99. The molecule has 32 heavy (non-hydrogen) atoms. The van der Waals surface area contributed by atoms with E-state index in [9.17, 15) is 14.9 Å². The number of hydrogen-bond acceptors (Lipinski definition) is 5. The van der Waals surface area contributed by atoms with Crippen LogP contribution in [0.1, 0.15) is 51.0 Å². The Morgan fingerprint density at radius 3 is 2.59 bits per heavy atom. The van der Waals surface area contributed by atoms with Crippen molar-refractivity contribution in [2.45, 2.75) is 56.1 Å². The summed E-state index contributed by atoms with van der Waals surface area (Å²) in [7, 11) is 0. The van der Waals surface area contributed by atoms with E-state index in [0.717, 1.165) is 24.1 Å². The number of amides is 1. The van der Waals surface area contributed by atoms with Crippen molar-refractivity contribution in [2.75, 3.05) is 5.75 Å². The van der Waals surface area contributed by atoms with E-state index in [1.165, 1.54) is 11.8 Å². The molecule has 1 heterocycles. The number of para-hydroxylation sites is 2. The van der Waals surface area contributed by atoms with Crippen molar-refractivity contribution in [3.63, 3.8) is 0 Å². The topological polar surface area (TPSA) is 87.8 Å². The zero-order chi connectivity index (χ0) is 22.7. The van der Waals surface area contributed by atoms with Crippen LogP contribution < -0.4 is 10.9 Å². The van der Waals surface area contributed by atoms with Crippen LogP contribution in [0, 0.1) is 11.3 Å². The average molecular weight is 447 g/mol. The molecule has 0 spiro atoms. The second-order valence-electron chi connectivity index (χ2n) is 8.50. The molecule has 0 unspecified atom stereocenters. The molecule has 6 nitrogen and oxygen atoms in total. The van der Waals surface area contributed by atoms with Crippen molar-refractivity contribution in [2.24, 2.45) is 0 Å². The van der Waals surface area contributed by atoms with Gasteiger partial charge in [-0.25, -0.2) is 4.98 Å². The van der Waals surface area contributed by atoms with Crippen LogP contribution in [0.5, 0.6) is 0 Å². The molecule has 4 rings (SSSR count). The van der Waals surface area contributed by atoms with Crippen molar-refractivity contribution in [3.8, 4) is 11.8 Å². The number of thioether (sulfide) groups is 1. The third-order valence-electron chi connectivity index (χ3n) is 5.93. The molecule has 3 aromatic rings. The Labute approximate surface area is 191 Å². The van der Waals surface area contributed by atoms with E-state index in [2.05, 4.69) is 25.2 Å². The summed E-state index contributed by atoms with van der Waals surface area (Å²) < 4.78 is 1.62. The summed E-state index contributed by atoms with van der Waals surface area (Å²) in [5.74, 6) is 0.0750. The Balaban J connectivity index is 1.73. The number of rotatable bonds is 6. The first kappa shape index (κ1) is 22.1. The fourth-order valence-electron chi connectivity index (χ4n) is 4.28. The van der Waals surface area contributed by atoms with Gasteiger partial charge >= 0.3 is 0 Å². The lowest BCUT2D eigenvalue weighted by Crippen LogP contribution is -2.45. The average Bonchev–Trinajstić information content (AvgIpc) is 3.26. The third kappa shape index (κ3) is 4.28. The molecule has 0 saturated heterocycles. The molecule has 1 fully saturated rings. The van der Waals surface area contributed by atoms with Gasteiger partial charge in [0.25, 0.3) is 5.56 Å². The van der Waals surface area contributed by atoms with Crippen molar-refractivity contribution < 1.29 is 4.79 Å². The maximum Gasteiger partial charge on any atom is 0.266 e. The summed E-state index contributed by atoms with van der Waals surface area (Å²) in [6, 6.07) is 17.3. The zero-order valence-electron chi connectivity index (χ0n) is 18.3. The number of nitrogens with one attached hydrogen (secondary N) is 1. The van der Waals surface area contributed by atoms with E-state index in [-0.39, 0.29) is 23.1 Å². The first-order valence-electron chi connectivity index (χ1n) is 10.9. The quantitative estimate of drug-likeness (QED) is 0.443. The highest BCUT2D eigenvalue weighted by Gasteiger charge is 2.35. The maximum absolute atomic E-state index is 13.5. The Bertz CT molecular complexity index is 1250. The van der Waals surface area contributed by atoms with Crippen LogP contribution in [0.3, 0.4) is 0 Å². The molecule has 0 atom stereocenters. The first-order chi connectivity index (χ1) is 15.4. The lowest BCUT2D eigenvalue weighted by Gasteiger charge is -2.22. The number of fused-ring (bicyclic) bond motifs is 1. The Morgan fingerprint density at radius 2 is 1.88 bits per heavy atom. The second kappa shape index (κ2) is 9.17. The van der Waals surface area contributed by atoms with Gasteiger partial charge in [-0.2, -0.15) is 5.26 Å². The van der Waals surface area contributed by atoms with Crippen molar-refractivity contribution in [3.05, 3.63) is 64.4 Å². The van der Waals surface area contributed by atoms with Crippen LogP contribution in [0.4, 0.5) is 0 Å². The van der Waals surface area contributed by atoms with Crippen LogP contribution >= 0.6 is 11.8 Å². The monoisotopic (exact) mass is 446 g/mol. The van der Waals surface area contributed by atoms with Crippen LogP contribution in [0.15, 0.2) is 58.5 Å². The molecule has 0 aliphatic heterocycles. The molecule has 0 radical (unpaired) electrons. The standard InChI is InChI=1S/C25H26N4O2S/c1-17(2)18-9-4-6-12-21(18)29-23(31)19-10-3-5-11-20(19)27-24(29)32-15-22(30)28-25(16-26)13-7-8-14-25/h3-6,9-12,17H,7-8,13-15H2,1-2H3,(H,28,30). The molecule has 7 heteroatoms. The molecule has 0 bridgehead atoms. The van der Waals surface area contributed by atoms with E-state index in [0.29, 0.717) is 28.9 Å². The summed E-state index contributed by atoms with van der Waals surface area (Å²) in [6.07, 6.45) is 3.25. The van der Waals surface area contributed by atoms with Crippen LogP contribution in [0.25, 0.3) is 16.6 Å². The molecule has 1 aliphatic carbocycles. The molecule has 164 valence electrons. The van der Waals surface area contributed by atoms with E-state index >= 15 is 0 Å². The van der Waals surface area contributed by atoms with Gasteiger partial charge in [0.05, 0.1) is 28.4 Å². The molecule has 1 amide bonds. The van der Waals surface area contributed by atoms with Gasteiger partial charge in [-0.05, 0) is 55.4 Å². The SMILES string of the molecule is CC(C)c1ccccc1-n1c(SCC(=O)NC2(C#N)CCCC2)nc2ccccc2c1=O. The number of carbonyl (C=O) groups excluding carboxylic acids is 1. The van der Waals surface area contributed by atoms with E-state index in [1.54, 1.807) is 10.6 Å². The Hall–Kier alpha value is -3.11. The lowest BCUT2D eigenvalue weighted by atomic mass is 10.0. The van der Waals surface area contributed by atoms with E-state index < -0.39 is 5.54 Å². The summed E-state index contributed by atoms with van der Waals surface area (Å²) in [5.41, 5.74) is 1.49. The van der Waals surface area contributed by atoms with Crippen LogP contribution in [-0.4, -0.2) is 26.8 Å². The zero-order valence-corrected chi connectivity index (χ0v) is 19.1. The fraction of sp³-hybridized carbons (Fsp3) is 0.360. The van der Waals surface area contributed by atoms with Gasteiger partial charge in [-0.3, -0.25) is 14.2 Å². The molecule has 1 aromatic heterocycles. The minimum atomic E-state index is -0.766. The molecule has 1 aliphatic rings. The summed E-state index contributed by atoms with van der Waals surface area (Å²) >= 11 is 1.22. The van der Waals surface area contributed by atoms with Crippen LogP contribution in [-0.2, 0) is 4.79 Å². The van der Waals surface area contributed by atoms with Gasteiger partial charge in [0.1, 0.15) is 5.54 Å². The maximum atomic E-state index is 13.5. The molecular weight excluding hydrogens is 420 g/mol. The summed E-state index contributed by atoms with van der Waals surface area (Å²) in [6.45, 7) is 4.17. The second-order valence-corrected chi connectivity index (χ2v) is 9.45. The normalized spacial score (nSPS) is 15.1.